The molecule has 1 aromatic rings. The number of hydrogen-bond acceptors (Lipinski definition) is 4. The molecule has 0 spiro atoms. The summed E-state index contributed by atoms with van der Waals surface area (Å²) < 4.78 is 26.4. The smallest absolute Gasteiger partial charge is 0.212 e. The summed E-state index contributed by atoms with van der Waals surface area (Å²) in [6.45, 7) is 3.75. The van der Waals surface area contributed by atoms with E-state index in [9.17, 15) is 8.42 Å². The molecule has 98 valence electrons. The van der Waals surface area contributed by atoms with Crippen molar-refractivity contribution in [3.05, 3.63) is 16.6 Å². The van der Waals surface area contributed by atoms with Gasteiger partial charge in [-0.15, -0.1) is 22.9 Å². The number of thiazole rings is 1. The molecule has 4 nitrogen and oxygen atoms in total. The summed E-state index contributed by atoms with van der Waals surface area (Å²) in [4.78, 5) is 4.14. The van der Waals surface area contributed by atoms with E-state index in [-0.39, 0.29) is 17.7 Å². The molecule has 0 bridgehead atoms. The minimum absolute atomic E-state index is 0.0528. The molecule has 0 aliphatic rings. The van der Waals surface area contributed by atoms with E-state index in [0.717, 1.165) is 5.01 Å². The SMILES string of the molecule is CCC(NS(=O)(=O)CC(C)CCl)c1nccs1. The second kappa shape index (κ2) is 6.68. The van der Waals surface area contributed by atoms with Gasteiger partial charge in [0.15, 0.2) is 0 Å². The Morgan fingerprint density at radius 1 is 1.59 bits per heavy atom. The van der Waals surface area contributed by atoms with Gasteiger partial charge in [0.05, 0.1) is 11.8 Å². The van der Waals surface area contributed by atoms with Gasteiger partial charge < -0.3 is 0 Å². The van der Waals surface area contributed by atoms with Gasteiger partial charge in [-0.2, -0.15) is 0 Å². The topological polar surface area (TPSA) is 59.1 Å². The summed E-state index contributed by atoms with van der Waals surface area (Å²) in [6.07, 6.45) is 2.36. The van der Waals surface area contributed by atoms with E-state index in [4.69, 9.17) is 11.6 Å². The number of sulfonamides is 1. The van der Waals surface area contributed by atoms with Crippen molar-refractivity contribution in [3.8, 4) is 0 Å². The maximum atomic E-state index is 11.9. The van der Waals surface area contributed by atoms with Gasteiger partial charge in [0.2, 0.25) is 10.0 Å². The highest BCUT2D eigenvalue weighted by molar-refractivity contribution is 7.89. The van der Waals surface area contributed by atoms with E-state index in [1.807, 2.05) is 19.2 Å². The predicted molar refractivity (Wildman–Crippen MR) is 72.0 cm³/mol. The fourth-order valence-electron chi connectivity index (χ4n) is 1.40. The second-order valence-corrected chi connectivity index (χ2v) is 7.02. The Labute approximate surface area is 111 Å². The largest absolute Gasteiger partial charge is 0.248 e. The third kappa shape index (κ3) is 4.91. The standard InChI is InChI=1S/C10H17ClN2O2S2/c1-3-9(10-12-4-5-16-10)13-17(14,15)7-8(2)6-11/h4-5,8-9,13H,3,6-7H2,1-2H3. The molecule has 2 atom stereocenters. The van der Waals surface area contributed by atoms with Crippen molar-refractivity contribution >= 4 is 33.0 Å². The molecule has 1 heterocycles. The van der Waals surface area contributed by atoms with Crippen LogP contribution in [-0.2, 0) is 10.0 Å². The quantitative estimate of drug-likeness (QED) is 0.786. The Balaban J connectivity index is 2.68. The molecule has 2 unspecified atom stereocenters. The lowest BCUT2D eigenvalue weighted by molar-refractivity contribution is 0.539. The summed E-state index contributed by atoms with van der Waals surface area (Å²) in [6, 6.07) is -0.234. The van der Waals surface area contributed by atoms with Gasteiger partial charge >= 0.3 is 0 Å². The van der Waals surface area contributed by atoms with Crippen LogP contribution in [0.25, 0.3) is 0 Å². The zero-order valence-electron chi connectivity index (χ0n) is 9.89. The van der Waals surface area contributed by atoms with Crippen molar-refractivity contribution < 1.29 is 8.42 Å². The Kier molecular flexibility index (Phi) is 5.85. The van der Waals surface area contributed by atoms with Crippen LogP contribution in [0.1, 0.15) is 31.3 Å². The molecule has 1 aromatic heterocycles. The van der Waals surface area contributed by atoms with Crippen molar-refractivity contribution in [2.75, 3.05) is 11.6 Å². The molecule has 7 heteroatoms. The number of nitrogens with zero attached hydrogens (tertiary/aromatic N) is 1. The molecular weight excluding hydrogens is 280 g/mol. The Hall–Kier alpha value is -0.170. The number of halogens is 1. The van der Waals surface area contributed by atoms with Gasteiger partial charge in [0.25, 0.3) is 0 Å². The first-order chi connectivity index (χ1) is 7.98. The first kappa shape index (κ1) is 14.9. The Morgan fingerprint density at radius 3 is 2.76 bits per heavy atom. The van der Waals surface area contributed by atoms with Crippen molar-refractivity contribution in [1.82, 2.24) is 9.71 Å². The summed E-state index contributed by atoms with van der Waals surface area (Å²) in [7, 11) is -3.30. The maximum absolute atomic E-state index is 11.9. The summed E-state index contributed by atoms with van der Waals surface area (Å²) in [5.41, 5.74) is 0. The molecule has 0 saturated carbocycles. The number of aromatic nitrogens is 1. The molecule has 0 fully saturated rings. The van der Waals surface area contributed by atoms with Crippen LogP contribution < -0.4 is 4.72 Å². The predicted octanol–water partition coefficient (Wildman–Crippen LogP) is 2.39. The third-order valence-electron chi connectivity index (χ3n) is 2.25. The Morgan fingerprint density at radius 2 is 2.29 bits per heavy atom. The molecule has 0 aromatic carbocycles. The number of nitrogens with one attached hydrogen (secondary N) is 1. The summed E-state index contributed by atoms with van der Waals surface area (Å²) in [5.74, 6) is 0.343. The number of rotatable bonds is 7. The monoisotopic (exact) mass is 296 g/mol. The van der Waals surface area contributed by atoms with Crippen molar-refractivity contribution in [2.24, 2.45) is 5.92 Å². The average Bonchev–Trinajstić information content (AvgIpc) is 2.78. The van der Waals surface area contributed by atoms with E-state index < -0.39 is 10.0 Å². The van der Waals surface area contributed by atoms with Crippen LogP contribution in [0.3, 0.4) is 0 Å². The van der Waals surface area contributed by atoms with Crippen LogP contribution in [0.2, 0.25) is 0 Å². The molecular formula is C10H17ClN2O2S2. The highest BCUT2D eigenvalue weighted by Crippen LogP contribution is 2.20. The van der Waals surface area contributed by atoms with Gasteiger partial charge in [-0.3, -0.25) is 0 Å². The minimum Gasteiger partial charge on any atom is -0.248 e. The van der Waals surface area contributed by atoms with Crippen molar-refractivity contribution in [1.29, 1.82) is 0 Å². The van der Waals surface area contributed by atoms with E-state index in [1.165, 1.54) is 11.3 Å². The second-order valence-electron chi connectivity index (χ2n) is 3.99. The molecule has 0 aliphatic carbocycles. The van der Waals surface area contributed by atoms with E-state index in [0.29, 0.717) is 12.3 Å². The van der Waals surface area contributed by atoms with E-state index >= 15 is 0 Å². The van der Waals surface area contributed by atoms with Gasteiger partial charge in [-0.05, 0) is 12.3 Å². The van der Waals surface area contributed by atoms with Crippen LogP contribution in [0, 0.1) is 5.92 Å². The highest BCUT2D eigenvalue weighted by Gasteiger charge is 2.21. The van der Waals surface area contributed by atoms with Crippen LogP contribution >= 0.6 is 22.9 Å². The van der Waals surface area contributed by atoms with Crippen LogP contribution in [0.15, 0.2) is 11.6 Å². The molecule has 0 amide bonds. The number of alkyl halides is 1. The normalized spacial score (nSPS) is 15.7. The molecule has 0 saturated heterocycles. The van der Waals surface area contributed by atoms with Gasteiger partial charge in [0, 0.05) is 17.5 Å². The fourth-order valence-corrected chi connectivity index (χ4v) is 4.16. The summed E-state index contributed by atoms with van der Waals surface area (Å²) >= 11 is 7.08. The Bertz CT molecular complexity index is 420. The van der Waals surface area contributed by atoms with E-state index in [1.54, 1.807) is 6.20 Å². The zero-order chi connectivity index (χ0) is 12.9. The molecule has 1 N–H and O–H groups in total. The first-order valence-corrected chi connectivity index (χ1v) is 8.50. The minimum atomic E-state index is -3.30. The van der Waals surface area contributed by atoms with Crippen molar-refractivity contribution in [2.45, 2.75) is 26.3 Å². The lowest BCUT2D eigenvalue weighted by Gasteiger charge is -2.16. The zero-order valence-corrected chi connectivity index (χ0v) is 12.3. The third-order valence-corrected chi connectivity index (χ3v) is 5.31. The highest BCUT2D eigenvalue weighted by atomic mass is 35.5. The van der Waals surface area contributed by atoms with Crippen LogP contribution in [0.4, 0.5) is 0 Å². The average molecular weight is 297 g/mol. The fraction of sp³-hybridized carbons (Fsp3) is 0.700. The van der Waals surface area contributed by atoms with Gasteiger partial charge in [0.1, 0.15) is 5.01 Å². The van der Waals surface area contributed by atoms with Crippen LogP contribution in [-0.4, -0.2) is 25.0 Å². The first-order valence-electron chi connectivity index (χ1n) is 5.43. The van der Waals surface area contributed by atoms with Gasteiger partial charge in [-0.1, -0.05) is 13.8 Å². The summed E-state index contributed by atoms with van der Waals surface area (Å²) in [5, 5.41) is 2.64. The van der Waals surface area contributed by atoms with Crippen molar-refractivity contribution in [3.63, 3.8) is 0 Å². The van der Waals surface area contributed by atoms with E-state index in [2.05, 4.69) is 9.71 Å². The molecule has 0 aliphatic heterocycles. The molecule has 1 rings (SSSR count). The van der Waals surface area contributed by atoms with Gasteiger partial charge in [-0.25, -0.2) is 18.1 Å². The molecule has 0 radical (unpaired) electrons. The molecule has 17 heavy (non-hydrogen) atoms. The van der Waals surface area contributed by atoms with Crippen LogP contribution in [0.5, 0.6) is 0 Å². The lowest BCUT2D eigenvalue weighted by atomic mass is 10.3. The maximum Gasteiger partial charge on any atom is 0.212 e. The number of hydrogen-bond donors (Lipinski definition) is 1. The lowest BCUT2D eigenvalue weighted by Crippen LogP contribution is -2.32.